The minimum atomic E-state index is 0.265. The fourth-order valence-corrected chi connectivity index (χ4v) is 1.73. The highest BCUT2D eigenvalue weighted by molar-refractivity contribution is 6.42. The molecule has 0 fully saturated rings. The number of nitrogens with zero attached hydrogens (tertiary/aromatic N) is 2. The van der Waals surface area contributed by atoms with Crippen LogP contribution in [0.1, 0.15) is 6.42 Å². The Balaban J connectivity index is 2.51. The van der Waals surface area contributed by atoms with Crippen molar-refractivity contribution in [2.75, 3.05) is 32.5 Å². The van der Waals surface area contributed by atoms with Gasteiger partial charge in [0.1, 0.15) is 11.0 Å². The molecular weight excluding hydrogens is 268 g/mol. The van der Waals surface area contributed by atoms with Crippen molar-refractivity contribution >= 4 is 40.6 Å². The van der Waals surface area contributed by atoms with Gasteiger partial charge in [0.05, 0.1) is 10.0 Å². The van der Waals surface area contributed by atoms with Gasteiger partial charge < -0.3 is 10.2 Å². The van der Waals surface area contributed by atoms with Crippen LogP contribution in [0.5, 0.6) is 0 Å². The second-order valence-electron chi connectivity index (χ2n) is 3.68. The van der Waals surface area contributed by atoms with E-state index in [-0.39, 0.29) is 5.15 Å². The van der Waals surface area contributed by atoms with Gasteiger partial charge in [0, 0.05) is 6.54 Å². The Kier molecular flexibility index (Phi) is 5.62. The monoisotopic (exact) mass is 281 g/mol. The summed E-state index contributed by atoms with van der Waals surface area (Å²) in [6.07, 6.45) is 1.01. The van der Waals surface area contributed by atoms with E-state index >= 15 is 0 Å². The Bertz CT molecular complexity index is 355. The van der Waals surface area contributed by atoms with Crippen molar-refractivity contribution in [3.8, 4) is 0 Å². The van der Waals surface area contributed by atoms with E-state index in [1.54, 1.807) is 6.07 Å². The van der Waals surface area contributed by atoms with Crippen LogP contribution >= 0.6 is 34.8 Å². The SMILES string of the molecule is CN(C)CCCNc1nc(Cl)c(Cl)cc1Cl. The van der Waals surface area contributed by atoms with Crippen LogP contribution in [0.25, 0.3) is 0 Å². The summed E-state index contributed by atoms with van der Waals surface area (Å²) in [6.45, 7) is 1.80. The van der Waals surface area contributed by atoms with Gasteiger partial charge in [-0.3, -0.25) is 0 Å². The predicted molar refractivity (Wildman–Crippen MR) is 70.9 cm³/mol. The molecule has 3 nitrogen and oxygen atoms in total. The molecule has 0 saturated heterocycles. The van der Waals surface area contributed by atoms with E-state index in [2.05, 4.69) is 15.2 Å². The van der Waals surface area contributed by atoms with E-state index in [1.807, 2.05) is 14.1 Å². The highest BCUT2D eigenvalue weighted by atomic mass is 35.5. The Hall–Kier alpha value is -0.220. The second-order valence-corrected chi connectivity index (χ2v) is 4.85. The quantitative estimate of drug-likeness (QED) is 0.663. The molecule has 0 bridgehead atoms. The van der Waals surface area contributed by atoms with Crippen molar-refractivity contribution in [2.24, 2.45) is 0 Å². The normalized spacial score (nSPS) is 10.9. The van der Waals surface area contributed by atoms with Crippen LogP contribution in [0.2, 0.25) is 15.2 Å². The summed E-state index contributed by atoms with van der Waals surface area (Å²) in [6, 6.07) is 1.59. The third kappa shape index (κ3) is 4.34. The van der Waals surface area contributed by atoms with Crippen molar-refractivity contribution in [2.45, 2.75) is 6.42 Å². The van der Waals surface area contributed by atoms with Gasteiger partial charge in [0.15, 0.2) is 0 Å². The molecule has 1 rings (SSSR count). The fourth-order valence-electron chi connectivity index (χ4n) is 1.17. The topological polar surface area (TPSA) is 28.2 Å². The lowest BCUT2D eigenvalue weighted by molar-refractivity contribution is 0.405. The molecule has 0 amide bonds. The van der Waals surface area contributed by atoms with Crippen LogP contribution in [-0.2, 0) is 0 Å². The zero-order chi connectivity index (χ0) is 12.1. The average Bonchev–Trinajstić information content (AvgIpc) is 2.19. The molecule has 1 heterocycles. The van der Waals surface area contributed by atoms with Crippen molar-refractivity contribution in [1.29, 1.82) is 0 Å². The summed E-state index contributed by atoms with van der Waals surface area (Å²) in [5.41, 5.74) is 0. The Morgan fingerprint density at radius 2 is 1.94 bits per heavy atom. The maximum absolute atomic E-state index is 5.96. The molecular formula is C10H14Cl3N3. The highest BCUT2D eigenvalue weighted by Gasteiger charge is 2.06. The molecule has 0 radical (unpaired) electrons. The van der Waals surface area contributed by atoms with Crippen LogP contribution < -0.4 is 5.32 Å². The van der Waals surface area contributed by atoms with E-state index in [0.29, 0.717) is 15.9 Å². The van der Waals surface area contributed by atoms with Gasteiger partial charge in [-0.25, -0.2) is 4.98 Å². The Morgan fingerprint density at radius 1 is 1.25 bits per heavy atom. The third-order valence-electron chi connectivity index (χ3n) is 1.96. The maximum Gasteiger partial charge on any atom is 0.150 e. The van der Waals surface area contributed by atoms with Gasteiger partial charge in [-0.2, -0.15) is 0 Å². The summed E-state index contributed by atoms with van der Waals surface area (Å²) >= 11 is 17.5. The lowest BCUT2D eigenvalue weighted by atomic mass is 10.4. The summed E-state index contributed by atoms with van der Waals surface area (Å²) in [5.74, 6) is 0.579. The van der Waals surface area contributed by atoms with Gasteiger partial charge in [-0.15, -0.1) is 0 Å². The summed E-state index contributed by atoms with van der Waals surface area (Å²) in [4.78, 5) is 6.18. The zero-order valence-electron chi connectivity index (χ0n) is 9.23. The molecule has 0 spiro atoms. The molecule has 0 atom stereocenters. The van der Waals surface area contributed by atoms with Gasteiger partial charge in [-0.05, 0) is 33.1 Å². The number of nitrogens with one attached hydrogen (secondary N) is 1. The molecule has 0 unspecified atom stereocenters. The van der Waals surface area contributed by atoms with Crippen molar-refractivity contribution < 1.29 is 0 Å². The van der Waals surface area contributed by atoms with Crippen LogP contribution in [0.3, 0.4) is 0 Å². The number of rotatable bonds is 5. The minimum Gasteiger partial charge on any atom is -0.369 e. The van der Waals surface area contributed by atoms with Gasteiger partial charge >= 0.3 is 0 Å². The van der Waals surface area contributed by atoms with E-state index in [0.717, 1.165) is 19.5 Å². The minimum absolute atomic E-state index is 0.265. The van der Waals surface area contributed by atoms with Crippen LogP contribution in [0, 0.1) is 0 Å². The first-order valence-electron chi connectivity index (χ1n) is 4.91. The molecule has 0 aliphatic carbocycles. The van der Waals surface area contributed by atoms with Crippen molar-refractivity contribution in [1.82, 2.24) is 9.88 Å². The Morgan fingerprint density at radius 3 is 2.56 bits per heavy atom. The van der Waals surface area contributed by atoms with Crippen molar-refractivity contribution in [3.63, 3.8) is 0 Å². The fraction of sp³-hybridized carbons (Fsp3) is 0.500. The molecule has 16 heavy (non-hydrogen) atoms. The molecule has 0 aliphatic heterocycles. The van der Waals surface area contributed by atoms with E-state index in [9.17, 15) is 0 Å². The zero-order valence-corrected chi connectivity index (χ0v) is 11.5. The maximum atomic E-state index is 5.96. The summed E-state index contributed by atoms with van der Waals surface area (Å²) in [7, 11) is 4.06. The molecule has 90 valence electrons. The molecule has 1 N–H and O–H groups in total. The lowest BCUT2D eigenvalue weighted by Crippen LogP contribution is -2.16. The number of anilines is 1. The average molecular weight is 283 g/mol. The van der Waals surface area contributed by atoms with E-state index in [4.69, 9.17) is 34.8 Å². The molecule has 0 aromatic carbocycles. The van der Waals surface area contributed by atoms with E-state index < -0.39 is 0 Å². The van der Waals surface area contributed by atoms with Gasteiger partial charge in [0.2, 0.25) is 0 Å². The van der Waals surface area contributed by atoms with E-state index in [1.165, 1.54) is 0 Å². The Labute approximate surface area is 111 Å². The molecule has 1 aromatic rings. The number of aromatic nitrogens is 1. The summed E-state index contributed by atoms with van der Waals surface area (Å²) < 4.78 is 0. The first-order valence-corrected chi connectivity index (χ1v) is 6.04. The number of hydrogen-bond acceptors (Lipinski definition) is 3. The summed E-state index contributed by atoms with van der Waals surface area (Å²) in [5, 5.41) is 4.24. The second kappa shape index (κ2) is 6.50. The predicted octanol–water partition coefficient (Wildman–Crippen LogP) is 3.41. The first-order chi connectivity index (χ1) is 7.50. The number of hydrogen-bond donors (Lipinski definition) is 1. The van der Waals surface area contributed by atoms with Gasteiger partial charge in [0.25, 0.3) is 0 Å². The number of pyridine rings is 1. The highest BCUT2D eigenvalue weighted by Crippen LogP contribution is 2.28. The molecule has 0 aliphatic rings. The van der Waals surface area contributed by atoms with Gasteiger partial charge in [-0.1, -0.05) is 34.8 Å². The third-order valence-corrected chi connectivity index (χ3v) is 2.92. The first kappa shape index (κ1) is 13.8. The van der Waals surface area contributed by atoms with Crippen molar-refractivity contribution in [3.05, 3.63) is 21.3 Å². The largest absolute Gasteiger partial charge is 0.369 e. The molecule has 1 aromatic heterocycles. The molecule has 6 heteroatoms. The number of halogens is 3. The molecule has 0 saturated carbocycles. The lowest BCUT2D eigenvalue weighted by Gasteiger charge is -2.11. The van der Waals surface area contributed by atoms with Crippen LogP contribution in [0.15, 0.2) is 6.07 Å². The smallest absolute Gasteiger partial charge is 0.150 e. The van der Waals surface area contributed by atoms with Crippen LogP contribution in [0.4, 0.5) is 5.82 Å². The standard InChI is InChI=1S/C10H14Cl3N3/c1-16(2)5-3-4-14-10-8(12)6-7(11)9(13)15-10/h6H,3-5H2,1-2H3,(H,14,15). The van der Waals surface area contributed by atoms with Crippen LogP contribution in [-0.4, -0.2) is 37.1 Å².